The van der Waals surface area contributed by atoms with Crippen LogP contribution in [-0.2, 0) is 14.8 Å². The fourth-order valence-corrected chi connectivity index (χ4v) is 2.38. The lowest BCUT2D eigenvalue weighted by Crippen LogP contribution is -2.51. The summed E-state index contributed by atoms with van der Waals surface area (Å²) in [7, 11) is -3.93. The van der Waals surface area contributed by atoms with E-state index in [9.17, 15) is 13.2 Å². The predicted octanol–water partition coefficient (Wildman–Crippen LogP) is -0.446. The van der Waals surface area contributed by atoms with Gasteiger partial charge in [-0.15, -0.1) is 4.83 Å². The lowest BCUT2D eigenvalue weighted by molar-refractivity contribution is -0.126. The number of carbonyl (C=O) groups is 1. The average Bonchev–Trinajstić information content (AvgIpc) is 2.26. The van der Waals surface area contributed by atoms with Gasteiger partial charge in [-0.3, -0.25) is 4.79 Å². The molecule has 0 heterocycles. The standard InChI is InChI=1S/C9H12N4O3S2/c1-6(14)13(9(11)17)12-18(15,16)8-4-2-7(10)3-5-8/h2-5,12H,10H2,1H3,(H2,11,17). The minimum absolute atomic E-state index is 0.0563. The molecular formula is C9H12N4O3S2. The predicted molar refractivity (Wildman–Crippen MR) is 70.5 cm³/mol. The van der Waals surface area contributed by atoms with Crippen molar-refractivity contribution in [1.29, 1.82) is 0 Å². The third-order valence-electron chi connectivity index (χ3n) is 1.94. The quantitative estimate of drug-likeness (QED) is 0.394. The van der Waals surface area contributed by atoms with Crippen molar-refractivity contribution in [2.45, 2.75) is 11.8 Å². The highest BCUT2D eigenvalue weighted by molar-refractivity contribution is 7.89. The first-order valence-electron chi connectivity index (χ1n) is 4.72. The normalized spacial score (nSPS) is 10.9. The molecule has 0 saturated heterocycles. The van der Waals surface area contributed by atoms with Gasteiger partial charge in [0.25, 0.3) is 10.0 Å². The minimum Gasteiger partial charge on any atom is -0.399 e. The minimum atomic E-state index is -3.93. The molecule has 18 heavy (non-hydrogen) atoms. The van der Waals surface area contributed by atoms with E-state index in [1.54, 1.807) is 0 Å². The Hall–Kier alpha value is -1.71. The van der Waals surface area contributed by atoms with Crippen molar-refractivity contribution in [2.75, 3.05) is 5.73 Å². The van der Waals surface area contributed by atoms with E-state index < -0.39 is 15.9 Å². The molecule has 0 fully saturated rings. The van der Waals surface area contributed by atoms with Crippen LogP contribution in [0, 0.1) is 0 Å². The van der Waals surface area contributed by atoms with E-state index in [-0.39, 0.29) is 10.0 Å². The second-order valence-electron chi connectivity index (χ2n) is 3.36. The maximum absolute atomic E-state index is 11.9. The molecule has 0 spiro atoms. The molecule has 1 amide bonds. The van der Waals surface area contributed by atoms with Gasteiger partial charge in [0, 0.05) is 12.6 Å². The summed E-state index contributed by atoms with van der Waals surface area (Å²) >= 11 is 4.57. The Labute approximate surface area is 110 Å². The molecule has 0 aliphatic heterocycles. The molecule has 0 bridgehead atoms. The zero-order valence-electron chi connectivity index (χ0n) is 9.45. The topological polar surface area (TPSA) is 119 Å². The lowest BCUT2D eigenvalue weighted by atomic mass is 10.3. The van der Waals surface area contributed by atoms with Crippen molar-refractivity contribution in [1.82, 2.24) is 9.84 Å². The van der Waals surface area contributed by atoms with Gasteiger partial charge >= 0.3 is 0 Å². The maximum Gasteiger partial charge on any atom is 0.257 e. The Balaban J connectivity index is 3.04. The maximum atomic E-state index is 11.9. The van der Waals surface area contributed by atoms with Crippen LogP contribution in [0.4, 0.5) is 5.69 Å². The van der Waals surface area contributed by atoms with Crippen molar-refractivity contribution in [2.24, 2.45) is 5.73 Å². The van der Waals surface area contributed by atoms with Crippen molar-refractivity contribution >= 4 is 38.9 Å². The number of amides is 1. The van der Waals surface area contributed by atoms with Crippen LogP contribution in [0.15, 0.2) is 29.2 Å². The summed E-state index contributed by atoms with van der Waals surface area (Å²) < 4.78 is 23.8. The highest BCUT2D eigenvalue weighted by Gasteiger charge is 2.21. The highest BCUT2D eigenvalue weighted by atomic mass is 32.2. The zero-order valence-corrected chi connectivity index (χ0v) is 11.1. The Bertz CT molecular complexity index is 554. The molecule has 0 aliphatic carbocycles. The average molecular weight is 288 g/mol. The molecule has 7 nitrogen and oxygen atoms in total. The first-order valence-corrected chi connectivity index (χ1v) is 6.61. The Morgan fingerprint density at radius 1 is 1.33 bits per heavy atom. The summed E-state index contributed by atoms with van der Waals surface area (Å²) in [6, 6.07) is 5.45. The number of hydrogen-bond acceptors (Lipinski definition) is 5. The van der Waals surface area contributed by atoms with Gasteiger partial charge in [-0.05, 0) is 36.5 Å². The SMILES string of the molecule is CC(=O)N(NS(=O)(=O)c1ccc(N)cc1)C(N)=S. The number of nitrogens with two attached hydrogens (primary N) is 2. The molecule has 1 rings (SSSR count). The first-order chi connectivity index (χ1) is 8.24. The number of nitrogen functional groups attached to an aromatic ring is 1. The molecule has 0 saturated carbocycles. The number of nitrogens with one attached hydrogen (secondary N) is 1. The van der Waals surface area contributed by atoms with Crippen LogP contribution in [0.1, 0.15) is 6.92 Å². The molecule has 0 atom stereocenters. The van der Waals surface area contributed by atoms with Gasteiger partial charge in [0.1, 0.15) is 0 Å². The third-order valence-corrected chi connectivity index (χ3v) is 3.44. The van der Waals surface area contributed by atoms with Gasteiger partial charge in [-0.25, -0.2) is 13.4 Å². The second-order valence-corrected chi connectivity index (χ2v) is 5.44. The number of sulfonamides is 1. The first kappa shape index (κ1) is 14.4. The molecule has 0 radical (unpaired) electrons. The van der Waals surface area contributed by atoms with Crippen LogP contribution in [-0.4, -0.2) is 24.4 Å². The van der Waals surface area contributed by atoms with Crippen LogP contribution in [0.3, 0.4) is 0 Å². The van der Waals surface area contributed by atoms with Crippen LogP contribution in [0.2, 0.25) is 0 Å². The highest BCUT2D eigenvalue weighted by Crippen LogP contribution is 2.11. The van der Waals surface area contributed by atoms with Crippen LogP contribution < -0.4 is 16.3 Å². The zero-order chi connectivity index (χ0) is 13.9. The largest absolute Gasteiger partial charge is 0.399 e. The van der Waals surface area contributed by atoms with E-state index in [0.717, 1.165) is 6.92 Å². The van der Waals surface area contributed by atoms with E-state index in [2.05, 4.69) is 12.2 Å². The summed E-state index contributed by atoms with van der Waals surface area (Å²) in [6.07, 6.45) is 0. The van der Waals surface area contributed by atoms with Gasteiger partial charge in [0.05, 0.1) is 4.90 Å². The van der Waals surface area contributed by atoms with Crippen molar-refractivity contribution in [3.8, 4) is 0 Å². The number of carbonyl (C=O) groups excluding carboxylic acids is 1. The van der Waals surface area contributed by atoms with Crippen molar-refractivity contribution < 1.29 is 13.2 Å². The van der Waals surface area contributed by atoms with Gasteiger partial charge in [0.2, 0.25) is 5.91 Å². The van der Waals surface area contributed by atoms with Gasteiger partial charge in [-0.1, -0.05) is 0 Å². The molecule has 0 aliphatic rings. The smallest absolute Gasteiger partial charge is 0.257 e. The molecule has 1 aromatic carbocycles. The summed E-state index contributed by atoms with van der Waals surface area (Å²) in [4.78, 5) is 13.1. The molecule has 1 aromatic rings. The molecular weight excluding hydrogens is 276 g/mol. The number of hydrogen-bond donors (Lipinski definition) is 3. The van der Waals surface area contributed by atoms with E-state index >= 15 is 0 Å². The lowest BCUT2D eigenvalue weighted by Gasteiger charge is -2.19. The summed E-state index contributed by atoms with van der Waals surface area (Å²) in [5.74, 6) is -0.637. The monoisotopic (exact) mass is 288 g/mol. The fraction of sp³-hybridized carbons (Fsp3) is 0.111. The Morgan fingerprint density at radius 2 is 1.83 bits per heavy atom. The Morgan fingerprint density at radius 3 is 2.22 bits per heavy atom. The van der Waals surface area contributed by atoms with E-state index in [1.165, 1.54) is 24.3 Å². The van der Waals surface area contributed by atoms with Crippen LogP contribution >= 0.6 is 12.2 Å². The van der Waals surface area contributed by atoms with E-state index in [0.29, 0.717) is 10.7 Å². The third kappa shape index (κ3) is 3.39. The number of rotatable bonds is 3. The molecule has 98 valence electrons. The molecule has 0 aromatic heterocycles. The van der Waals surface area contributed by atoms with E-state index in [4.69, 9.17) is 11.5 Å². The fourth-order valence-electron chi connectivity index (χ4n) is 1.08. The van der Waals surface area contributed by atoms with E-state index in [1.807, 2.05) is 4.83 Å². The number of hydrazine groups is 1. The molecule has 9 heteroatoms. The van der Waals surface area contributed by atoms with Gasteiger partial charge in [-0.2, -0.15) is 0 Å². The number of thiocarbonyl (C=S) groups is 1. The second kappa shape index (κ2) is 5.29. The summed E-state index contributed by atoms with van der Waals surface area (Å²) in [5, 5.41) is 0.183. The molecule has 5 N–H and O–H groups in total. The summed E-state index contributed by atoms with van der Waals surface area (Å²) in [5.41, 5.74) is 11.1. The van der Waals surface area contributed by atoms with Gasteiger partial charge in [0.15, 0.2) is 5.11 Å². The van der Waals surface area contributed by atoms with Gasteiger partial charge < -0.3 is 11.5 Å². The van der Waals surface area contributed by atoms with Crippen molar-refractivity contribution in [3.05, 3.63) is 24.3 Å². The Kier molecular flexibility index (Phi) is 4.22. The number of nitrogens with zero attached hydrogens (tertiary/aromatic N) is 1. The molecule has 0 unspecified atom stereocenters. The van der Waals surface area contributed by atoms with Crippen LogP contribution in [0.5, 0.6) is 0 Å². The van der Waals surface area contributed by atoms with Crippen molar-refractivity contribution in [3.63, 3.8) is 0 Å². The number of benzene rings is 1. The number of anilines is 1. The van der Waals surface area contributed by atoms with Crippen LogP contribution in [0.25, 0.3) is 0 Å². The summed E-state index contributed by atoms with van der Waals surface area (Å²) in [6.45, 7) is 1.13.